The number of hydrogen-bond acceptors (Lipinski definition) is 5. The third-order valence-electron chi connectivity index (χ3n) is 4.96. The van der Waals surface area contributed by atoms with Gasteiger partial charge in [-0.25, -0.2) is 9.97 Å². The maximum Gasteiger partial charge on any atom is 0.226 e. The summed E-state index contributed by atoms with van der Waals surface area (Å²) in [5, 5.41) is 4.54. The number of fused-ring (bicyclic) bond motifs is 1. The molecule has 0 amide bonds. The molecule has 29 heavy (non-hydrogen) atoms. The second-order valence-corrected chi connectivity index (χ2v) is 7.12. The van der Waals surface area contributed by atoms with Crippen molar-refractivity contribution in [1.29, 1.82) is 0 Å². The molecule has 0 aliphatic rings. The lowest BCUT2D eigenvalue weighted by atomic mass is 10.2. The maximum atomic E-state index is 11.3. The summed E-state index contributed by atoms with van der Waals surface area (Å²) >= 11 is 0. The Labute approximate surface area is 169 Å². The number of rotatable bonds is 8. The van der Waals surface area contributed by atoms with Crippen LogP contribution in [0, 0.1) is 6.92 Å². The molecule has 6 heteroatoms. The third kappa shape index (κ3) is 4.21. The van der Waals surface area contributed by atoms with Crippen LogP contribution in [-0.2, 0) is 17.8 Å². The first-order valence-electron chi connectivity index (χ1n) is 9.80. The van der Waals surface area contributed by atoms with E-state index in [0.29, 0.717) is 18.9 Å². The lowest BCUT2D eigenvalue weighted by Gasteiger charge is -2.08. The Morgan fingerprint density at radius 3 is 2.79 bits per heavy atom. The summed E-state index contributed by atoms with van der Waals surface area (Å²) in [6, 6.07) is 13.9. The minimum Gasteiger partial charge on any atom is -0.441 e. The average molecular weight is 388 g/mol. The van der Waals surface area contributed by atoms with Crippen molar-refractivity contribution in [1.82, 2.24) is 14.5 Å². The first-order chi connectivity index (χ1) is 14.1. The normalized spacial score (nSPS) is 11.1. The van der Waals surface area contributed by atoms with Gasteiger partial charge in [-0.15, -0.1) is 0 Å². The van der Waals surface area contributed by atoms with Gasteiger partial charge in [0.15, 0.2) is 0 Å². The molecular weight excluding hydrogens is 364 g/mol. The number of aryl methyl sites for hydroxylation is 2. The molecule has 0 atom stereocenters. The van der Waals surface area contributed by atoms with Crippen LogP contribution in [0.3, 0.4) is 0 Å². The molecule has 0 aliphatic carbocycles. The van der Waals surface area contributed by atoms with E-state index in [0.717, 1.165) is 46.7 Å². The molecule has 1 N–H and O–H groups in total. The van der Waals surface area contributed by atoms with Crippen LogP contribution in [0.2, 0.25) is 0 Å². The molecule has 4 aromatic rings. The van der Waals surface area contributed by atoms with Gasteiger partial charge in [0.05, 0.1) is 5.69 Å². The fourth-order valence-corrected chi connectivity index (χ4v) is 3.38. The molecule has 148 valence electrons. The van der Waals surface area contributed by atoms with Gasteiger partial charge in [-0.2, -0.15) is 0 Å². The number of aromatic nitrogens is 3. The molecule has 3 heterocycles. The third-order valence-corrected chi connectivity index (χ3v) is 4.96. The number of benzene rings is 1. The van der Waals surface area contributed by atoms with Gasteiger partial charge in [0.25, 0.3) is 0 Å². The molecule has 0 unspecified atom stereocenters. The molecular formula is C23H24N4O2. The van der Waals surface area contributed by atoms with Crippen LogP contribution in [0.4, 0.5) is 5.69 Å². The fourth-order valence-electron chi connectivity index (χ4n) is 3.38. The number of Topliss-reactive ketones (excluding diaryl/α,β-unsaturated/α-hetero) is 1. The minimum atomic E-state index is 0.180. The Balaban J connectivity index is 1.44. The fraction of sp³-hybridized carbons (Fsp3) is 0.261. The molecule has 0 spiro atoms. The summed E-state index contributed by atoms with van der Waals surface area (Å²) in [7, 11) is 0. The first-order valence-corrected chi connectivity index (χ1v) is 9.80. The molecule has 0 radical (unpaired) electrons. The lowest BCUT2D eigenvalue weighted by molar-refractivity contribution is -0.117. The van der Waals surface area contributed by atoms with Crippen LogP contribution >= 0.6 is 0 Å². The molecule has 4 rings (SSSR count). The molecule has 0 bridgehead atoms. The van der Waals surface area contributed by atoms with Crippen LogP contribution in [0.5, 0.6) is 0 Å². The van der Waals surface area contributed by atoms with Crippen molar-refractivity contribution >= 4 is 22.5 Å². The van der Waals surface area contributed by atoms with Gasteiger partial charge in [-0.05, 0) is 38.1 Å². The SMILES string of the molecule is CC(=O)CCn1ccc2c(NCCc3nc(-c4ccccc4)oc3C)ccnc21. The van der Waals surface area contributed by atoms with E-state index in [-0.39, 0.29) is 5.78 Å². The molecule has 3 aromatic heterocycles. The molecule has 0 fully saturated rings. The number of anilines is 1. The van der Waals surface area contributed by atoms with Crippen molar-refractivity contribution < 1.29 is 9.21 Å². The van der Waals surface area contributed by atoms with Gasteiger partial charge < -0.3 is 14.3 Å². The zero-order chi connectivity index (χ0) is 20.2. The number of carbonyl (C=O) groups is 1. The standard InChI is InChI=1S/C23H24N4O2/c1-16(28)10-14-27-15-11-19-21(9-13-25-22(19)27)24-12-8-20-17(2)29-23(26-20)18-6-4-3-5-7-18/h3-7,9,11,13,15H,8,10,12,14H2,1-2H3,(H,24,25). The van der Waals surface area contributed by atoms with Crippen LogP contribution in [0.15, 0.2) is 59.3 Å². The van der Waals surface area contributed by atoms with Gasteiger partial charge >= 0.3 is 0 Å². The van der Waals surface area contributed by atoms with E-state index in [1.807, 2.05) is 60.2 Å². The van der Waals surface area contributed by atoms with Crippen LogP contribution in [0.25, 0.3) is 22.5 Å². The van der Waals surface area contributed by atoms with E-state index in [1.54, 1.807) is 13.1 Å². The Morgan fingerprint density at radius 2 is 2.00 bits per heavy atom. The van der Waals surface area contributed by atoms with E-state index >= 15 is 0 Å². The van der Waals surface area contributed by atoms with Gasteiger partial charge in [0.1, 0.15) is 17.2 Å². The van der Waals surface area contributed by atoms with Crippen molar-refractivity contribution in [2.45, 2.75) is 33.2 Å². The summed E-state index contributed by atoms with van der Waals surface area (Å²) in [4.78, 5) is 20.4. The number of nitrogens with zero attached hydrogens (tertiary/aromatic N) is 3. The van der Waals surface area contributed by atoms with Gasteiger partial charge in [-0.3, -0.25) is 4.79 Å². The summed E-state index contributed by atoms with van der Waals surface area (Å²) in [6.45, 7) is 4.95. The molecule has 0 aliphatic heterocycles. The zero-order valence-corrected chi connectivity index (χ0v) is 16.7. The Bertz CT molecular complexity index is 1130. The number of ketones is 1. The zero-order valence-electron chi connectivity index (χ0n) is 16.7. The van der Waals surface area contributed by atoms with Crippen molar-refractivity contribution in [3.05, 3.63) is 66.3 Å². The number of oxazole rings is 1. The summed E-state index contributed by atoms with van der Waals surface area (Å²) in [6.07, 6.45) is 5.05. The highest BCUT2D eigenvalue weighted by Crippen LogP contribution is 2.24. The molecule has 1 aromatic carbocycles. The van der Waals surface area contributed by atoms with E-state index in [4.69, 9.17) is 4.42 Å². The number of carbonyl (C=O) groups excluding carboxylic acids is 1. The van der Waals surface area contributed by atoms with Crippen LogP contribution < -0.4 is 5.32 Å². The topological polar surface area (TPSA) is 73.0 Å². The quantitative estimate of drug-likeness (QED) is 0.476. The van der Waals surface area contributed by atoms with Crippen molar-refractivity contribution in [2.24, 2.45) is 0 Å². The Morgan fingerprint density at radius 1 is 1.17 bits per heavy atom. The van der Waals surface area contributed by atoms with Crippen molar-refractivity contribution in [3.8, 4) is 11.5 Å². The Kier molecular flexibility index (Phi) is 5.42. The number of hydrogen-bond donors (Lipinski definition) is 1. The van der Waals surface area contributed by atoms with Gasteiger partial charge in [-0.1, -0.05) is 18.2 Å². The van der Waals surface area contributed by atoms with E-state index in [2.05, 4.69) is 15.3 Å². The lowest BCUT2D eigenvalue weighted by Crippen LogP contribution is -2.07. The largest absolute Gasteiger partial charge is 0.441 e. The van der Waals surface area contributed by atoms with Gasteiger partial charge in [0, 0.05) is 55.0 Å². The number of nitrogens with one attached hydrogen (secondary N) is 1. The molecule has 0 saturated heterocycles. The second kappa shape index (κ2) is 8.31. The summed E-state index contributed by atoms with van der Waals surface area (Å²) in [5.41, 5.74) is 3.86. The monoisotopic (exact) mass is 388 g/mol. The summed E-state index contributed by atoms with van der Waals surface area (Å²) in [5.74, 6) is 1.69. The Hall–Kier alpha value is -3.41. The predicted molar refractivity (Wildman–Crippen MR) is 114 cm³/mol. The number of pyridine rings is 1. The first kappa shape index (κ1) is 18.9. The maximum absolute atomic E-state index is 11.3. The van der Waals surface area contributed by atoms with E-state index in [9.17, 15) is 4.79 Å². The minimum absolute atomic E-state index is 0.180. The van der Waals surface area contributed by atoms with E-state index in [1.165, 1.54) is 0 Å². The highest BCUT2D eigenvalue weighted by molar-refractivity contribution is 5.89. The average Bonchev–Trinajstić information content (AvgIpc) is 3.31. The summed E-state index contributed by atoms with van der Waals surface area (Å²) < 4.78 is 7.87. The highest BCUT2D eigenvalue weighted by Gasteiger charge is 2.12. The van der Waals surface area contributed by atoms with Crippen molar-refractivity contribution in [2.75, 3.05) is 11.9 Å². The van der Waals surface area contributed by atoms with E-state index < -0.39 is 0 Å². The second-order valence-electron chi connectivity index (χ2n) is 7.12. The smallest absolute Gasteiger partial charge is 0.226 e. The van der Waals surface area contributed by atoms with Crippen molar-refractivity contribution in [3.63, 3.8) is 0 Å². The van der Waals surface area contributed by atoms with Crippen LogP contribution in [0.1, 0.15) is 24.8 Å². The highest BCUT2D eigenvalue weighted by atomic mass is 16.4. The van der Waals surface area contributed by atoms with Gasteiger partial charge in [0.2, 0.25) is 5.89 Å². The molecule has 6 nitrogen and oxygen atoms in total. The predicted octanol–water partition coefficient (Wildman–Crippen LogP) is 4.63. The molecule has 0 saturated carbocycles. The van der Waals surface area contributed by atoms with Crippen LogP contribution in [-0.4, -0.2) is 26.9 Å².